The lowest BCUT2D eigenvalue weighted by molar-refractivity contribution is 0.668. The van der Waals surface area contributed by atoms with Crippen LogP contribution in [-0.4, -0.2) is 19.5 Å². The fraction of sp³-hybridized carbons (Fsp3) is 0.0192. The van der Waals surface area contributed by atoms with E-state index in [1.807, 2.05) is 78.9 Å². The molecule has 3 heterocycles. The number of aromatic nitrogens is 4. The Labute approximate surface area is 330 Å². The maximum Gasteiger partial charge on any atom is 0.164 e. The Kier molecular flexibility index (Phi) is 8.46. The van der Waals surface area contributed by atoms with Gasteiger partial charge in [-0.05, 0) is 59.5 Å². The molecule has 0 bridgehead atoms. The van der Waals surface area contributed by atoms with Gasteiger partial charge in [0.2, 0.25) is 0 Å². The third kappa shape index (κ3) is 6.03. The molecule has 0 aliphatic heterocycles. The van der Waals surface area contributed by atoms with Crippen molar-refractivity contribution in [1.82, 2.24) is 19.5 Å². The molecule has 3 aromatic heterocycles. The average molecular weight is 733 g/mol. The molecule has 0 atom stereocenters. The zero-order valence-electron chi connectivity index (χ0n) is 31.3. The smallest absolute Gasteiger partial charge is 0.164 e. The molecule has 0 saturated carbocycles. The van der Waals surface area contributed by atoms with Crippen molar-refractivity contribution in [1.29, 1.82) is 0 Å². The fourth-order valence-electron chi connectivity index (χ4n) is 7.89. The van der Waals surface area contributed by atoms with Crippen molar-refractivity contribution in [3.05, 3.63) is 194 Å². The van der Waals surface area contributed by atoms with E-state index in [1.54, 1.807) is 0 Å². The predicted molar refractivity (Wildman–Crippen MR) is 236 cm³/mol. The van der Waals surface area contributed by atoms with E-state index in [9.17, 15) is 0 Å². The third-order valence-electron chi connectivity index (χ3n) is 10.6. The number of rotatable bonds is 8. The lowest BCUT2D eigenvalue weighted by atomic mass is 9.98. The van der Waals surface area contributed by atoms with Gasteiger partial charge in [-0.15, -0.1) is 0 Å². The quantitative estimate of drug-likeness (QED) is 0.156. The number of allylic oxidation sites excluding steroid dienone is 1. The summed E-state index contributed by atoms with van der Waals surface area (Å²) < 4.78 is 8.96. The molecule has 0 radical (unpaired) electrons. The molecule has 0 unspecified atom stereocenters. The van der Waals surface area contributed by atoms with Crippen molar-refractivity contribution in [2.75, 3.05) is 0 Å². The van der Waals surface area contributed by atoms with Gasteiger partial charge in [0, 0.05) is 50.2 Å². The van der Waals surface area contributed by atoms with Crippen molar-refractivity contribution in [2.24, 2.45) is 0 Å². The molecule has 270 valence electrons. The lowest BCUT2D eigenvalue weighted by Gasteiger charge is -2.11. The number of hydrogen-bond donors (Lipinski definition) is 0. The van der Waals surface area contributed by atoms with Gasteiger partial charge in [-0.3, -0.25) is 0 Å². The summed E-state index contributed by atoms with van der Waals surface area (Å²) in [7, 11) is 0. The van der Waals surface area contributed by atoms with E-state index in [-0.39, 0.29) is 0 Å². The van der Waals surface area contributed by atoms with Crippen LogP contribution in [0.2, 0.25) is 0 Å². The molecule has 0 spiro atoms. The summed E-state index contributed by atoms with van der Waals surface area (Å²) in [6, 6.07) is 58.6. The molecular formula is C52H36N4O. The first-order chi connectivity index (χ1) is 28.2. The summed E-state index contributed by atoms with van der Waals surface area (Å²) in [4.78, 5) is 14.7. The van der Waals surface area contributed by atoms with Crippen molar-refractivity contribution >= 4 is 45.0 Å². The van der Waals surface area contributed by atoms with Gasteiger partial charge in [-0.1, -0.05) is 158 Å². The fourth-order valence-corrected chi connectivity index (χ4v) is 7.89. The zero-order chi connectivity index (χ0) is 38.3. The van der Waals surface area contributed by atoms with Crippen LogP contribution in [-0.2, 0) is 0 Å². The number of hydrogen-bond acceptors (Lipinski definition) is 4. The van der Waals surface area contributed by atoms with Gasteiger partial charge in [0.05, 0.1) is 11.2 Å². The minimum Gasteiger partial charge on any atom is -0.456 e. The van der Waals surface area contributed by atoms with Crippen LogP contribution in [0.4, 0.5) is 0 Å². The molecule has 0 fully saturated rings. The maximum absolute atomic E-state index is 6.64. The topological polar surface area (TPSA) is 56.7 Å². The highest BCUT2D eigenvalue weighted by Gasteiger charge is 2.19. The van der Waals surface area contributed by atoms with E-state index in [2.05, 4.69) is 127 Å². The average Bonchev–Trinajstić information content (AvgIpc) is 3.81. The minimum atomic E-state index is 0.624. The van der Waals surface area contributed by atoms with Gasteiger partial charge in [0.15, 0.2) is 17.5 Å². The molecule has 0 amide bonds. The molecule has 5 heteroatoms. The van der Waals surface area contributed by atoms with Crippen molar-refractivity contribution in [3.63, 3.8) is 0 Å². The monoisotopic (exact) mass is 732 g/mol. The lowest BCUT2D eigenvalue weighted by Crippen LogP contribution is -2.00. The SMILES string of the molecule is C=Cc1c(/C=C\C)n(-c2ccc3c(c2)oc2cccc(-c4ccc(-c5nc(-c6ccccc6)nc(-c6ccccc6)n5)cc4)c23)c2cc(-c3ccccc3)ccc12. The summed E-state index contributed by atoms with van der Waals surface area (Å²) in [6.07, 6.45) is 6.20. The molecule has 7 aromatic carbocycles. The van der Waals surface area contributed by atoms with E-state index in [0.29, 0.717) is 17.5 Å². The highest BCUT2D eigenvalue weighted by Crippen LogP contribution is 2.40. The van der Waals surface area contributed by atoms with Crippen LogP contribution in [0.1, 0.15) is 18.2 Å². The van der Waals surface area contributed by atoms with Crippen LogP contribution in [0.15, 0.2) is 187 Å². The van der Waals surface area contributed by atoms with Gasteiger partial charge in [0.1, 0.15) is 11.2 Å². The second-order valence-electron chi connectivity index (χ2n) is 14.0. The summed E-state index contributed by atoms with van der Waals surface area (Å²) in [5.41, 5.74) is 13.3. The Morgan fingerprint density at radius 3 is 1.68 bits per heavy atom. The Balaban J connectivity index is 1.07. The van der Waals surface area contributed by atoms with E-state index in [4.69, 9.17) is 19.4 Å². The van der Waals surface area contributed by atoms with Gasteiger partial charge >= 0.3 is 0 Å². The molecule has 0 saturated heterocycles. The van der Waals surface area contributed by atoms with E-state index in [1.165, 1.54) is 5.56 Å². The second-order valence-corrected chi connectivity index (χ2v) is 14.0. The van der Waals surface area contributed by atoms with Crippen LogP contribution in [0, 0.1) is 0 Å². The number of benzene rings is 7. The zero-order valence-corrected chi connectivity index (χ0v) is 31.3. The predicted octanol–water partition coefficient (Wildman–Crippen LogP) is 13.7. The van der Waals surface area contributed by atoms with Gasteiger partial charge < -0.3 is 8.98 Å². The summed E-state index contributed by atoms with van der Waals surface area (Å²) in [5, 5.41) is 3.29. The summed E-state index contributed by atoms with van der Waals surface area (Å²) in [5.74, 6) is 1.90. The van der Waals surface area contributed by atoms with Crippen molar-refractivity contribution in [2.45, 2.75) is 6.92 Å². The first-order valence-corrected chi connectivity index (χ1v) is 19.1. The Hall–Kier alpha value is -7.63. The Morgan fingerprint density at radius 2 is 1.07 bits per heavy atom. The highest BCUT2D eigenvalue weighted by atomic mass is 16.3. The highest BCUT2D eigenvalue weighted by molar-refractivity contribution is 6.13. The molecule has 57 heavy (non-hydrogen) atoms. The van der Waals surface area contributed by atoms with Crippen LogP contribution >= 0.6 is 0 Å². The summed E-state index contributed by atoms with van der Waals surface area (Å²) >= 11 is 0. The molecule has 10 rings (SSSR count). The van der Waals surface area contributed by atoms with Crippen LogP contribution in [0.3, 0.4) is 0 Å². The minimum absolute atomic E-state index is 0.624. The molecule has 10 aromatic rings. The Morgan fingerprint density at radius 1 is 0.509 bits per heavy atom. The van der Waals surface area contributed by atoms with Gasteiger partial charge in [-0.25, -0.2) is 15.0 Å². The van der Waals surface area contributed by atoms with E-state index < -0.39 is 0 Å². The molecule has 0 aliphatic rings. The maximum atomic E-state index is 6.64. The van der Waals surface area contributed by atoms with Crippen molar-refractivity contribution < 1.29 is 4.42 Å². The standard InChI is InChI=1S/C52H36N4O/c1-3-15-45-41(4-2)43-30-28-39(34-16-8-5-9-17-34)32-46(43)56(45)40-29-31-44-48(33-40)57-47-23-14-22-42(49(44)47)35-24-26-38(27-25-35)52-54-50(36-18-10-6-11-19-36)53-51(55-52)37-20-12-7-13-21-37/h3-33H,2H2,1H3/b15-3-. The Bertz CT molecular complexity index is 3070. The van der Waals surface area contributed by atoms with Crippen LogP contribution < -0.4 is 0 Å². The van der Waals surface area contributed by atoms with Crippen LogP contribution in [0.5, 0.6) is 0 Å². The third-order valence-corrected chi connectivity index (χ3v) is 10.6. The van der Waals surface area contributed by atoms with Crippen molar-refractivity contribution in [3.8, 4) is 62.1 Å². The number of fused-ring (bicyclic) bond motifs is 4. The molecule has 0 N–H and O–H groups in total. The van der Waals surface area contributed by atoms with Crippen LogP contribution in [0.25, 0.3) is 107 Å². The van der Waals surface area contributed by atoms with E-state index >= 15 is 0 Å². The van der Waals surface area contributed by atoms with Gasteiger partial charge in [-0.2, -0.15) is 0 Å². The van der Waals surface area contributed by atoms with Gasteiger partial charge in [0.25, 0.3) is 0 Å². The summed E-state index contributed by atoms with van der Waals surface area (Å²) in [6.45, 7) is 6.26. The first-order valence-electron chi connectivity index (χ1n) is 19.1. The second kappa shape index (κ2) is 14.2. The first kappa shape index (κ1) is 33.9. The normalized spacial score (nSPS) is 11.6. The number of nitrogens with zero attached hydrogens (tertiary/aromatic N) is 4. The van der Waals surface area contributed by atoms with E-state index in [0.717, 1.165) is 83.2 Å². The molecular weight excluding hydrogens is 697 g/mol. The molecule has 0 aliphatic carbocycles. The number of furan rings is 1. The largest absolute Gasteiger partial charge is 0.456 e. The molecule has 5 nitrogen and oxygen atoms in total.